The molecular formula is C29H37N7O3S. The molecule has 0 radical (unpaired) electrons. The molecule has 0 bridgehead atoms. The second kappa shape index (κ2) is 13.7. The van der Waals surface area contributed by atoms with E-state index in [1.165, 1.54) is 30.6 Å². The summed E-state index contributed by atoms with van der Waals surface area (Å²) in [5.41, 5.74) is 2.39. The van der Waals surface area contributed by atoms with Gasteiger partial charge >= 0.3 is 6.01 Å². The predicted molar refractivity (Wildman–Crippen MR) is 156 cm³/mol. The molecule has 2 aliphatic heterocycles. The fourth-order valence-corrected chi connectivity index (χ4v) is 5.92. The Labute approximate surface area is 239 Å². The average molecular weight is 564 g/mol. The first-order valence-corrected chi connectivity index (χ1v) is 15.1. The maximum absolute atomic E-state index is 13.2. The van der Waals surface area contributed by atoms with Crippen molar-refractivity contribution in [2.75, 3.05) is 42.9 Å². The highest BCUT2D eigenvalue weighted by atomic mass is 32.1. The molecule has 2 amide bonds. The van der Waals surface area contributed by atoms with Gasteiger partial charge in [-0.2, -0.15) is 0 Å². The summed E-state index contributed by atoms with van der Waals surface area (Å²) in [6, 6.07) is 7.91. The number of nitrogens with zero attached hydrogens (tertiary/aromatic N) is 5. The maximum atomic E-state index is 13.2. The molecule has 2 aromatic heterocycles. The number of nitrogens with one attached hydrogen (secondary N) is 2. The van der Waals surface area contributed by atoms with Gasteiger partial charge in [-0.15, -0.1) is 11.3 Å². The summed E-state index contributed by atoms with van der Waals surface area (Å²) in [4.78, 5) is 43.7. The Morgan fingerprint density at radius 2 is 1.82 bits per heavy atom. The van der Waals surface area contributed by atoms with Crippen LogP contribution in [0.2, 0.25) is 0 Å². The van der Waals surface area contributed by atoms with Gasteiger partial charge < -0.3 is 20.3 Å². The van der Waals surface area contributed by atoms with Gasteiger partial charge in [-0.05, 0) is 56.1 Å². The van der Waals surface area contributed by atoms with Gasteiger partial charge in [-0.25, -0.2) is 15.0 Å². The zero-order valence-corrected chi connectivity index (χ0v) is 23.8. The van der Waals surface area contributed by atoms with E-state index < -0.39 is 0 Å². The highest BCUT2D eigenvalue weighted by Crippen LogP contribution is 2.27. The zero-order valence-electron chi connectivity index (χ0n) is 23.0. The maximum Gasteiger partial charge on any atom is 0.316 e. The fourth-order valence-electron chi connectivity index (χ4n) is 5.06. The molecule has 11 heteroatoms. The first-order chi connectivity index (χ1) is 19.6. The lowest BCUT2D eigenvalue weighted by Crippen LogP contribution is -2.38. The van der Waals surface area contributed by atoms with E-state index in [4.69, 9.17) is 4.74 Å². The number of carbonyl (C=O) groups is 2. The molecule has 0 aliphatic carbocycles. The van der Waals surface area contributed by atoms with Crippen LogP contribution in [0.3, 0.4) is 0 Å². The van der Waals surface area contributed by atoms with E-state index in [9.17, 15) is 9.59 Å². The summed E-state index contributed by atoms with van der Waals surface area (Å²) >= 11 is 1.45. The normalized spacial score (nSPS) is 16.5. The number of hydrogen-bond donors (Lipinski definition) is 2. The number of thiazole rings is 1. The molecular weight excluding hydrogens is 526 g/mol. The Balaban J connectivity index is 1.22. The van der Waals surface area contributed by atoms with Crippen molar-refractivity contribution in [1.29, 1.82) is 0 Å². The van der Waals surface area contributed by atoms with E-state index in [0.717, 1.165) is 62.7 Å². The van der Waals surface area contributed by atoms with E-state index in [2.05, 4.69) is 35.4 Å². The SMILES string of the molecule is CCCNC(=O)c1cc(CN2CCCCC2)ccc1NC(=O)c1csc(N2CCC(Oc3ncccn3)CC2)n1. The number of piperidine rings is 2. The molecule has 4 heterocycles. The summed E-state index contributed by atoms with van der Waals surface area (Å²) in [6.45, 7) is 7.10. The van der Waals surface area contributed by atoms with Crippen molar-refractivity contribution in [3.05, 3.63) is 58.9 Å². The van der Waals surface area contributed by atoms with Crippen LogP contribution in [0.1, 0.15) is 71.9 Å². The van der Waals surface area contributed by atoms with Crippen LogP contribution in [0, 0.1) is 0 Å². The molecule has 40 heavy (non-hydrogen) atoms. The van der Waals surface area contributed by atoms with E-state index in [0.29, 0.717) is 29.5 Å². The lowest BCUT2D eigenvalue weighted by Gasteiger charge is -2.31. The topological polar surface area (TPSA) is 113 Å². The standard InChI is InChI=1S/C29H37N7O3S/c1-2-11-30-26(37)23-18-21(19-35-14-4-3-5-15-35)7-8-24(23)33-27(38)25-20-40-29(34-25)36-16-9-22(10-17-36)39-28-31-12-6-13-32-28/h6-8,12-13,18,20,22H,2-5,9-11,14-17,19H2,1H3,(H,30,37)(H,33,38). The van der Waals surface area contributed by atoms with Gasteiger partial charge in [0.2, 0.25) is 0 Å². The Kier molecular flexibility index (Phi) is 9.56. The molecule has 2 N–H and O–H groups in total. The third-order valence-electron chi connectivity index (χ3n) is 7.22. The third kappa shape index (κ3) is 7.33. The van der Waals surface area contributed by atoms with Crippen molar-refractivity contribution in [1.82, 2.24) is 25.2 Å². The monoisotopic (exact) mass is 563 g/mol. The molecule has 0 saturated carbocycles. The Morgan fingerprint density at radius 3 is 2.58 bits per heavy atom. The molecule has 2 aliphatic rings. The molecule has 212 valence electrons. The van der Waals surface area contributed by atoms with Gasteiger partial charge in [-0.1, -0.05) is 19.4 Å². The lowest BCUT2D eigenvalue weighted by molar-refractivity contribution is 0.0954. The van der Waals surface area contributed by atoms with Crippen LogP contribution in [0.25, 0.3) is 0 Å². The number of hydrogen-bond acceptors (Lipinski definition) is 9. The summed E-state index contributed by atoms with van der Waals surface area (Å²) in [7, 11) is 0. The lowest BCUT2D eigenvalue weighted by atomic mass is 10.1. The van der Waals surface area contributed by atoms with Crippen molar-refractivity contribution in [3.63, 3.8) is 0 Å². The highest BCUT2D eigenvalue weighted by Gasteiger charge is 2.25. The van der Waals surface area contributed by atoms with Crippen LogP contribution in [0.4, 0.5) is 10.8 Å². The minimum atomic E-state index is -0.324. The van der Waals surface area contributed by atoms with Crippen LogP contribution in [0.15, 0.2) is 42.0 Å². The molecule has 3 aromatic rings. The second-order valence-electron chi connectivity index (χ2n) is 10.3. The van der Waals surface area contributed by atoms with Crippen LogP contribution in [-0.2, 0) is 6.54 Å². The molecule has 0 spiro atoms. The molecule has 0 unspecified atom stereocenters. The minimum absolute atomic E-state index is 0.0524. The first-order valence-electron chi connectivity index (χ1n) is 14.2. The number of benzene rings is 1. The number of rotatable bonds is 10. The van der Waals surface area contributed by atoms with E-state index >= 15 is 0 Å². The molecule has 2 saturated heterocycles. The number of ether oxygens (including phenoxy) is 1. The van der Waals surface area contributed by atoms with Gasteiger partial charge in [0.1, 0.15) is 11.8 Å². The van der Waals surface area contributed by atoms with Gasteiger partial charge in [0.05, 0.1) is 11.3 Å². The molecule has 0 atom stereocenters. The van der Waals surface area contributed by atoms with Crippen molar-refractivity contribution >= 4 is 34.0 Å². The number of carbonyl (C=O) groups excluding carboxylic acids is 2. The third-order valence-corrected chi connectivity index (χ3v) is 8.12. The van der Waals surface area contributed by atoms with Gasteiger partial charge in [-0.3, -0.25) is 14.5 Å². The highest BCUT2D eigenvalue weighted by molar-refractivity contribution is 7.14. The quantitative estimate of drug-likeness (QED) is 0.374. The van der Waals surface area contributed by atoms with Crippen LogP contribution >= 0.6 is 11.3 Å². The van der Waals surface area contributed by atoms with Crippen molar-refractivity contribution in [2.24, 2.45) is 0 Å². The van der Waals surface area contributed by atoms with Gasteiger partial charge in [0.15, 0.2) is 5.13 Å². The first kappa shape index (κ1) is 28.0. The van der Waals surface area contributed by atoms with Crippen LogP contribution in [-0.4, -0.2) is 70.5 Å². The van der Waals surface area contributed by atoms with Crippen molar-refractivity contribution in [3.8, 4) is 6.01 Å². The van der Waals surface area contributed by atoms with Gasteiger partial charge in [0.25, 0.3) is 11.8 Å². The minimum Gasteiger partial charge on any atom is -0.460 e. The van der Waals surface area contributed by atoms with Crippen LogP contribution in [0.5, 0.6) is 6.01 Å². The molecule has 2 fully saturated rings. The zero-order chi connectivity index (χ0) is 27.7. The molecule has 1 aromatic carbocycles. The smallest absolute Gasteiger partial charge is 0.316 e. The molecule has 10 nitrogen and oxygen atoms in total. The summed E-state index contributed by atoms with van der Waals surface area (Å²) < 4.78 is 5.89. The Hall–Kier alpha value is -3.57. The largest absolute Gasteiger partial charge is 0.460 e. The average Bonchev–Trinajstić information content (AvgIpc) is 3.49. The van der Waals surface area contributed by atoms with E-state index in [-0.39, 0.29) is 17.9 Å². The Morgan fingerprint density at radius 1 is 1.05 bits per heavy atom. The number of amides is 2. The number of likely N-dealkylation sites (tertiary alicyclic amines) is 1. The Bertz CT molecular complexity index is 1270. The molecule has 5 rings (SSSR count). The fraction of sp³-hybridized carbons (Fsp3) is 0.483. The van der Waals surface area contributed by atoms with Crippen molar-refractivity contribution in [2.45, 2.75) is 58.1 Å². The van der Waals surface area contributed by atoms with E-state index in [1.807, 2.05) is 25.1 Å². The second-order valence-corrected chi connectivity index (χ2v) is 11.1. The van der Waals surface area contributed by atoms with Crippen molar-refractivity contribution < 1.29 is 14.3 Å². The number of anilines is 2. The summed E-state index contributed by atoms with van der Waals surface area (Å²) in [5, 5.41) is 8.47. The predicted octanol–water partition coefficient (Wildman–Crippen LogP) is 4.36. The number of aromatic nitrogens is 3. The van der Waals surface area contributed by atoms with E-state index in [1.54, 1.807) is 23.8 Å². The summed E-state index contributed by atoms with van der Waals surface area (Å²) in [5.74, 6) is -0.502. The van der Waals surface area contributed by atoms with Crippen LogP contribution < -0.4 is 20.3 Å². The summed E-state index contributed by atoms with van der Waals surface area (Å²) in [6.07, 6.45) is 9.57. The van der Waals surface area contributed by atoms with Gasteiger partial charge in [0, 0.05) is 56.8 Å².